The smallest absolute Gasteiger partial charge is 0.313 e. The first-order chi connectivity index (χ1) is 8.38. The molecule has 98 valence electrons. The lowest BCUT2D eigenvalue weighted by molar-refractivity contribution is -0.136. The first-order valence-electron chi connectivity index (χ1n) is 5.12. The second kappa shape index (κ2) is 6.58. The molecule has 0 bridgehead atoms. The summed E-state index contributed by atoms with van der Waals surface area (Å²) in [5.41, 5.74) is 0.324. The number of carbonyl (C=O) groups is 2. The molecule has 5 nitrogen and oxygen atoms in total. The molecule has 0 spiro atoms. The number of hydrogen-bond donors (Lipinski definition) is 3. The molecule has 0 unspecified atom stereocenters. The fraction of sp³-hybridized carbons (Fsp3) is 0.273. The summed E-state index contributed by atoms with van der Waals surface area (Å²) < 4.78 is 0. The number of benzene rings is 1. The molecular formula is C11H12Cl2N2O3. The predicted molar refractivity (Wildman–Crippen MR) is 69.8 cm³/mol. The van der Waals surface area contributed by atoms with Crippen molar-refractivity contribution in [3.8, 4) is 0 Å². The Kier molecular flexibility index (Phi) is 5.40. The minimum atomic E-state index is -0.853. The second-order valence-corrected chi connectivity index (χ2v) is 4.54. The summed E-state index contributed by atoms with van der Waals surface area (Å²) in [5.74, 6) is -1.69. The highest BCUT2D eigenvalue weighted by atomic mass is 35.5. The Morgan fingerprint density at radius 2 is 1.78 bits per heavy atom. The average Bonchev–Trinajstić information content (AvgIpc) is 2.24. The molecule has 1 atom stereocenters. The van der Waals surface area contributed by atoms with Gasteiger partial charge in [-0.3, -0.25) is 9.59 Å². The van der Waals surface area contributed by atoms with Crippen molar-refractivity contribution in [2.24, 2.45) is 0 Å². The summed E-state index contributed by atoms with van der Waals surface area (Å²) in [6.07, 6.45) is -0.720. The second-order valence-electron chi connectivity index (χ2n) is 3.67. The molecule has 3 N–H and O–H groups in total. The Balaban J connectivity index is 2.61. The van der Waals surface area contributed by atoms with E-state index in [1.165, 1.54) is 25.1 Å². The molecule has 1 aromatic rings. The quantitative estimate of drug-likeness (QED) is 0.737. The van der Waals surface area contributed by atoms with E-state index in [1.54, 1.807) is 0 Å². The fourth-order valence-corrected chi connectivity index (χ4v) is 1.66. The third-order valence-electron chi connectivity index (χ3n) is 1.88. The van der Waals surface area contributed by atoms with Gasteiger partial charge < -0.3 is 15.7 Å². The minimum Gasteiger partial charge on any atom is -0.392 e. The molecule has 0 saturated heterocycles. The van der Waals surface area contributed by atoms with Crippen molar-refractivity contribution in [1.82, 2.24) is 5.32 Å². The van der Waals surface area contributed by atoms with Gasteiger partial charge in [-0.15, -0.1) is 0 Å². The van der Waals surface area contributed by atoms with E-state index in [9.17, 15) is 9.59 Å². The van der Waals surface area contributed by atoms with Crippen LogP contribution < -0.4 is 10.6 Å². The third kappa shape index (κ3) is 4.91. The fourth-order valence-electron chi connectivity index (χ4n) is 1.13. The molecule has 0 heterocycles. The number of nitrogens with one attached hydrogen (secondary N) is 2. The van der Waals surface area contributed by atoms with Crippen LogP contribution in [0.15, 0.2) is 18.2 Å². The molecule has 18 heavy (non-hydrogen) atoms. The number of anilines is 1. The van der Waals surface area contributed by atoms with Crippen LogP contribution in [0.5, 0.6) is 0 Å². The average molecular weight is 291 g/mol. The monoisotopic (exact) mass is 290 g/mol. The van der Waals surface area contributed by atoms with Gasteiger partial charge in [0.05, 0.1) is 6.10 Å². The maximum absolute atomic E-state index is 11.5. The van der Waals surface area contributed by atoms with Gasteiger partial charge >= 0.3 is 11.8 Å². The Hall–Kier alpha value is -1.30. The van der Waals surface area contributed by atoms with Gasteiger partial charge in [0.25, 0.3) is 0 Å². The summed E-state index contributed by atoms with van der Waals surface area (Å²) in [7, 11) is 0. The van der Waals surface area contributed by atoms with E-state index >= 15 is 0 Å². The molecule has 0 radical (unpaired) electrons. The van der Waals surface area contributed by atoms with Gasteiger partial charge in [0.15, 0.2) is 0 Å². The van der Waals surface area contributed by atoms with Crippen LogP contribution >= 0.6 is 23.2 Å². The van der Waals surface area contributed by atoms with Crippen LogP contribution in [0.4, 0.5) is 5.69 Å². The van der Waals surface area contributed by atoms with E-state index in [0.29, 0.717) is 15.7 Å². The zero-order valence-electron chi connectivity index (χ0n) is 9.54. The van der Waals surface area contributed by atoms with Crippen molar-refractivity contribution >= 4 is 40.7 Å². The highest BCUT2D eigenvalue weighted by molar-refractivity contribution is 6.40. The van der Waals surface area contributed by atoms with Gasteiger partial charge in [0.2, 0.25) is 0 Å². The Labute approximate surface area is 114 Å². The van der Waals surface area contributed by atoms with Crippen LogP contribution in [0, 0.1) is 0 Å². The lowest BCUT2D eigenvalue weighted by atomic mass is 10.3. The van der Waals surface area contributed by atoms with E-state index in [-0.39, 0.29) is 6.54 Å². The number of amides is 2. The lowest BCUT2D eigenvalue weighted by Crippen LogP contribution is -2.38. The number of aliphatic hydroxyl groups excluding tert-OH is 1. The molecule has 2 amide bonds. The van der Waals surface area contributed by atoms with Gasteiger partial charge in [0.1, 0.15) is 0 Å². The number of carbonyl (C=O) groups excluding carboxylic acids is 2. The predicted octanol–water partition coefficient (Wildman–Crippen LogP) is 1.43. The third-order valence-corrected chi connectivity index (χ3v) is 2.32. The minimum absolute atomic E-state index is 0.00254. The molecule has 0 fully saturated rings. The maximum Gasteiger partial charge on any atom is 0.313 e. The molecule has 0 aliphatic heterocycles. The van der Waals surface area contributed by atoms with E-state index in [4.69, 9.17) is 28.3 Å². The molecule has 0 aromatic heterocycles. The van der Waals surface area contributed by atoms with Crippen molar-refractivity contribution in [3.63, 3.8) is 0 Å². The number of halogens is 2. The topological polar surface area (TPSA) is 78.4 Å². The van der Waals surface area contributed by atoms with Crippen molar-refractivity contribution in [3.05, 3.63) is 28.2 Å². The van der Waals surface area contributed by atoms with Crippen LogP contribution in [-0.2, 0) is 9.59 Å². The van der Waals surface area contributed by atoms with E-state index in [2.05, 4.69) is 10.6 Å². The van der Waals surface area contributed by atoms with Crippen molar-refractivity contribution in [2.45, 2.75) is 13.0 Å². The van der Waals surface area contributed by atoms with Crippen LogP contribution in [0.3, 0.4) is 0 Å². The Morgan fingerprint density at radius 3 is 2.28 bits per heavy atom. The summed E-state index contributed by atoms with van der Waals surface area (Å²) in [5, 5.41) is 14.3. The van der Waals surface area contributed by atoms with Gasteiger partial charge in [0, 0.05) is 22.3 Å². The van der Waals surface area contributed by atoms with Gasteiger partial charge in [-0.05, 0) is 25.1 Å². The Morgan fingerprint density at radius 1 is 1.22 bits per heavy atom. The highest BCUT2D eigenvalue weighted by Gasteiger charge is 2.14. The SMILES string of the molecule is C[C@@H](O)CNC(=O)C(=O)Nc1cc(Cl)cc(Cl)c1. The molecule has 1 aromatic carbocycles. The molecule has 0 aliphatic carbocycles. The molecule has 0 aliphatic rings. The Bertz CT molecular complexity index is 443. The number of hydrogen-bond acceptors (Lipinski definition) is 3. The number of rotatable bonds is 3. The van der Waals surface area contributed by atoms with Crippen LogP contribution in [0.2, 0.25) is 10.0 Å². The standard InChI is InChI=1S/C11H12Cl2N2O3/c1-6(16)5-14-10(17)11(18)15-9-3-7(12)2-8(13)4-9/h2-4,6,16H,5H2,1H3,(H,14,17)(H,15,18)/t6-/m1/s1. The van der Waals surface area contributed by atoms with Gasteiger partial charge in [-0.2, -0.15) is 0 Å². The maximum atomic E-state index is 11.5. The van der Waals surface area contributed by atoms with E-state index in [1.807, 2.05) is 0 Å². The van der Waals surface area contributed by atoms with Crippen molar-refractivity contribution in [1.29, 1.82) is 0 Å². The van der Waals surface area contributed by atoms with Gasteiger partial charge in [-0.1, -0.05) is 23.2 Å². The molecular weight excluding hydrogens is 279 g/mol. The van der Waals surface area contributed by atoms with Gasteiger partial charge in [-0.25, -0.2) is 0 Å². The summed E-state index contributed by atoms with van der Waals surface area (Å²) in [6.45, 7) is 1.50. The van der Waals surface area contributed by atoms with E-state index < -0.39 is 17.9 Å². The zero-order valence-corrected chi connectivity index (χ0v) is 11.0. The molecule has 7 heteroatoms. The summed E-state index contributed by atoms with van der Waals surface area (Å²) >= 11 is 11.5. The first-order valence-corrected chi connectivity index (χ1v) is 5.87. The van der Waals surface area contributed by atoms with Crippen molar-refractivity contribution in [2.75, 3.05) is 11.9 Å². The van der Waals surface area contributed by atoms with E-state index in [0.717, 1.165) is 0 Å². The summed E-state index contributed by atoms with van der Waals surface area (Å²) in [4.78, 5) is 22.8. The zero-order chi connectivity index (χ0) is 13.7. The highest BCUT2D eigenvalue weighted by Crippen LogP contribution is 2.22. The summed E-state index contributed by atoms with van der Waals surface area (Å²) in [6, 6.07) is 4.44. The van der Waals surface area contributed by atoms with Crippen LogP contribution in [-0.4, -0.2) is 29.6 Å². The number of aliphatic hydroxyl groups is 1. The molecule has 1 rings (SSSR count). The normalized spacial score (nSPS) is 11.8. The largest absolute Gasteiger partial charge is 0.392 e. The van der Waals surface area contributed by atoms with Crippen molar-refractivity contribution < 1.29 is 14.7 Å². The molecule has 0 saturated carbocycles. The first kappa shape index (κ1) is 14.8. The lowest BCUT2D eigenvalue weighted by Gasteiger charge is -2.08. The van der Waals surface area contributed by atoms with Crippen LogP contribution in [0.25, 0.3) is 0 Å². The van der Waals surface area contributed by atoms with Crippen LogP contribution in [0.1, 0.15) is 6.92 Å².